The van der Waals surface area contributed by atoms with Gasteiger partial charge in [-0.05, 0) is 6.92 Å². The third-order valence-electron chi connectivity index (χ3n) is 0.940. The zero-order valence-electron chi connectivity index (χ0n) is 7.43. The van der Waals surface area contributed by atoms with Crippen LogP contribution in [0.25, 0.3) is 0 Å². The molecular weight excluding hydrogens is 194 g/mol. The Morgan fingerprint density at radius 1 is 1.08 bits per heavy atom. The van der Waals surface area contributed by atoms with E-state index in [2.05, 4.69) is 19.1 Å². The van der Waals surface area contributed by atoms with E-state index in [1.54, 1.807) is 0 Å². The molecule has 0 saturated heterocycles. The Labute approximate surface area is 77.6 Å². The molecule has 4 N–H and O–H groups in total. The zero-order valence-corrected chi connectivity index (χ0v) is 8.24. The van der Waals surface area contributed by atoms with Gasteiger partial charge in [0.25, 0.3) is 0 Å². The van der Waals surface area contributed by atoms with E-state index >= 15 is 0 Å². The Bertz CT molecular complexity index is 301. The largest absolute Gasteiger partial charge is 0.759 e. The summed E-state index contributed by atoms with van der Waals surface area (Å²) in [7, 11) is -5.17. The molecular formula is C7H12NO4S-. The molecule has 0 aromatic heterocycles. The van der Waals surface area contributed by atoms with Crippen LogP contribution in [0.5, 0.6) is 0 Å². The SMILES string of the molecule is Cc1ccccc1.O=S(=O)([O-])[O-].[NH4+]. The molecule has 76 valence electrons. The maximum absolute atomic E-state index is 8.52. The highest BCUT2D eigenvalue weighted by Crippen LogP contribution is 1.92. The van der Waals surface area contributed by atoms with Crippen LogP contribution in [0.1, 0.15) is 5.56 Å². The molecule has 0 atom stereocenters. The molecule has 0 amide bonds. The number of benzene rings is 1. The smallest absolute Gasteiger partial charge is 0.0311 e. The summed E-state index contributed by atoms with van der Waals surface area (Å²) in [4.78, 5) is 0. The first-order valence-electron chi connectivity index (χ1n) is 3.08. The number of rotatable bonds is 0. The van der Waals surface area contributed by atoms with Crippen molar-refractivity contribution in [2.45, 2.75) is 6.92 Å². The second-order valence-corrected chi connectivity index (χ2v) is 2.88. The van der Waals surface area contributed by atoms with Crippen LogP contribution in [-0.2, 0) is 10.4 Å². The van der Waals surface area contributed by atoms with Crippen molar-refractivity contribution in [3.63, 3.8) is 0 Å². The standard InChI is InChI=1S/C7H8.H3N.H2O4S/c1-7-5-3-2-4-6-7;;1-5(2,3)4/h2-6H,1H3;1H3;(H2,1,2,3,4)/p-1. The van der Waals surface area contributed by atoms with Crippen molar-refractivity contribution in [1.29, 1.82) is 0 Å². The Balaban J connectivity index is 0. The van der Waals surface area contributed by atoms with Gasteiger partial charge >= 0.3 is 0 Å². The van der Waals surface area contributed by atoms with Gasteiger partial charge in [0.15, 0.2) is 0 Å². The Hall–Kier alpha value is -0.950. The highest BCUT2D eigenvalue weighted by molar-refractivity contribution is 7.79. The summed E-state index contributed by atoms with van der Waals surface area (Å²) >= 11 is 0. The van der Waals surface area contributed by atoms with E-state index in [1.165, 1.54) is 5.56 Å². The summed E-state index contributed by atoms with van der Waals surface area (Å²) in [5, 5.41) is 0. The summed E-state index contributed by atoms with van der Waals surface area (Å²) in [6.07, 6.45) is 0. The van der Waals surface area contributed by atoms with Gasteiger partial charge in [-0.1, -0.05) is 35.9 Å². The molecule has 5 nitrogen and oxygen atoms in total. The lowest BCUT2D eigenvalue weighted by molar-refractivity contribution is 0.352. The van der Waals surface area contributed by atoms with Crippen molar-refractivity contribution < 1.29 is 17.5 Å². The third kappa shape index (κ3) is 18.2. The molecule has 6 heteroatoms. The van der Waals surface area contributed by atoms with Gasteiger partial charge < -0.3 is 15.3 Å². The summed E-state index contributed by atoms with van der Waals surface area (Å²) in [6.45, 7) is 2.08. The molecule has 1 rings (SSSR count). The molecule has 0 saturated carbocycles. The van der Waals surface area contributed by atoms with E-state index < -0.39 is 10.4 Å². The van der Waals surface area contributed by atoms with Crippen molar-refractivity contribution in [3.05, 3.63) is 35.9 Å². The van der Waals surface area contributed by atoms with Gasteiger partial charge in [-0.15, -0.1) is 0 Å². The van der Waals surface area contributed by atoms with Crippen LogP contribution in [0.15, 0.2) is 30.3 Å². The Kier molecular flexibility index (Phi) is 7.34. The molecule has 1 aromatic carbocycles. The van der Waals surface area contributed by atoms with Crippen LogP contribution >= 0.6 is 0 Å². The maximum Gasteiger partial charge on any atom is 0.0311 e. The number of quaternary nitrogens is 1. The van der Waals surface area contributed by atoms with E-state index in [0.29, 0.717) is 0 Å². The average molecular weight is 206 g/mol. The molecule has 0 bridgehead atoms. The van der Waals surface area contributed by atoms with E-state index in [9.17, 15) is 0 Å². The van der Waals surface area contributed by atoms with Crippen LogP contribution < -0.4 is 6.15 Å². The lowest BCUT2D eigenvalue weighted by Crippen LogP contribution is -1.91. The second kappa shape index (κ2) is 6.55. The lowest BCUT2D eigenvalue weighted by Gasteiger charge is -2.06. The highest BCUT2D eigenvalue weighted by atomic mass is 32.3. The number of hydrogen-bond acceptors (Lipinski definition) is 4. The quantitative estimate of drug-likeness (QED) is 0.503. The lowest BCUT2D eigenvalue weighted by atomic mass is 10.2. The molecule has 1 aromatic rings. The topological polar surface area (TPSA) is 117 Å². The predicted molar refractivity (Wildman–Crippen MR) is 47.6 cm³/mol. The van der Waals surface area contributed by atoms with Crippen LogP contribution in [0.4, 0.5) is 0 Å². The van der Waals surface area contributed by atoms with Crippen molar-refractivity contribution in [2.75, 3.05) is 0 Å². The van der Waals surface area contributed by atoms with Gasteiger partial charge in [0.05, 0.1) is 0 Å². The first kappa shape index (κ1) is 14.6. The minimum atomic E-state index is -5.17. The van der Waals surface area contributed by atoms with Gasteiger partial charge in [-0.2, -0.15) is 0 Å². The van der Waals surface area contributed by atoms with Gasteiger partial charge in [0.1, 0.15) is 0 Å². The van der Waals surface area contributed by atoms with Gasteiger partial charge in [-0.3, -0.25) is 8.42 Å². The highest BCUT2D eigenvalue weighted by Gasteiger charge is 1.72. The van der Waals surface area contributed by atoms with Crippen LogP contribution in [0.3, 0.4) is 0 Å². The molecule has 13 heavy (non-hydrogen) atoms. The first-order valence-corrected chi connectivity index (χ1v) is 4.41. The normalized spacial score (nSPS) is 9.15. The zero-order chi connectivity index (χ0) is 9.61. The van der Waals surface area contributed by atoms with Gasteiger partial charge in [-0.25, -0.2) is 0 Å². The summed E-state index contributed by atoms with van der Waals surface area (Å²) < 4.78 is 34.1. The number of aryl methyl sites for hydroxylation is 1. The van der Waals surface area contributed by atoms with Gasteiger partial charge in [0.2, 0.25) is 0 Å². The van der Waals surface area contributed by atoms with Gasteiger partial charge in [0, 0.05) is 10.4 Å². The van der Waals surface area contributed by atoms with Crippen molar-refractivity contribution in [1.82, 2.24) is 6.15 Å². The molecule has 0 aliphatic heterocycles. The fraction of sp³-hybridized carbons (Fsp3) is 0.143. The summed E-state index contributed by atoms with van der Waals surface area (Å²) in [6, 6.07) is 10.3. The van der Waals surface area contributed by atoms with E-state index in [0.717, 1.165) is 0 Å². The first-order chi connectivity index (χ1) is 5.39. The van der Waals surface area contributed by atoms with E-state index in [4.69, 9.17) is 17.5 Å². The Morgan fingerprint density at radius 2 is 1.38 bits per heavy atom. The van der Waals surface area contributed by atoms with E-state index in [-0.39, 0.29) is 6.15 Å². The third-order valence-corrected chi connectivity index (χ3v) is 0.940. The molecule has 0 heterocycles. The van der Waals surface area contributed by atoms with Crippen LogP contribution in [0, 0.1) is 6.92 Å². The van der Waals surface area contributed by atoms with Crippen molar-refractivity contribution in [2.24, 2.45) is 0 Å². The van der Waals surface area contributed by atoms with Crippen molar-refractivity contribution >= 4 is 10.4 Å². The molecule has 0 aliphatic rings. The fourth-order valence-corrected chi connectivity index (χ4v) is 0.534. The van der Waals surface area contributed by atoms with Crippen molar-refractivity contribution in [3.8, 4) is 0 Å². The second-order valence-electron chi connectivity index (χ2n) is 2.06. The minimum Gasteiger partial charge on any atom is -0.759 e. The predicted octanol–water partition coefficient (Wildman–Crippen LogP) is 1.03. The van der Waals surface area contributed by atoms with Crippen LogP contribution in [0.2, 0.25) is 0 Å². The summed E-state index contributed by atoms with van der Waals surface area (Å²) in [5.74, 6) is 0. The number of hydrogen-bond donors (Lipinski definition) is 1. The van der Waals surface area contributed by atoms with E-state index in [1.807, 2.05) is 18.2 Å². The molecule has 0 radical (unpaired) electrons. The molecule has 0 unspecified atom stereocenters. The van der Waals surface area contributed by atoms with Crippen LogP contribution in [-0.4, -0.2) is 17.5 Å². The molecule has 0 fully saturated rings. The Morgan fingerprint density at radius 3 is 1.54 bits per heavy atom. The monoisotopic (exact) mass is 206 g/mol. The summed E-state index contributed by atoms with van der Waals surface area (Å²) in [5.41, 5.74) is 1.32. The molecule has 0 spiro atoms. The fourth-order valence-electron chi connectivity index (χ4n) is 0.534. The minimum absolute atomic E-state index is 0. The maximum atomic E-state index is 8.52. The molecule has 0 aliphatic carbocycles. The average Bonchev–Trinajstić information content (AvgIpc) is 1.85.